The Morgan fingerprint density at radius 1 is 1.29 bits per heavy atom. The van der Waals surface area contributed by atoms with E-state index in [1.54, 1.807) is 0 Å². The van der Waals surface area contributed by atoms with E-state index in [9.17, 15) is 9.59 Å². The molecule has 0 aromatic carbocycles. The average molecular weight is 244 g/mol. The molecular formula is C12H24N2O3. The van der Waals surface area contributed by atoms with Crippen molar-refractivity contribution in [3.05, 3.63) is 0 Å². The fourth-order valence-corrected chi connectivity index (χ4v) is 1.34. The summed E-state index contributed by atoms with van der Waals surface area (Å²) in [6.07, 6.45) is 1.10. The molecule has 0 aliphatic heterocycles. The molecular weight excluding hydrogens is 220 g/mol. The van der Waals surface area contributed by atoms with Gasteiger partial charge in [-0.2, -0.15) is 0 Å². The minimum Gasteiger partial charge on any atom is -0.481 e. The highest BCUT2D eigenvalue weighted by Crippen LogP contribution is 2.22. The molecule has 0 spiro atoms. The van der Waals surface area contributed by atoms with Crippen molar-refractivity contribution in [3.63, 3.8) is 0 Å². The van der Waals surface area contributed by atoms with Gasteiger partial charge in [0, 0.05) is 18.5 Å². The molecule has 0 bridgehead atoms. The zero-order valence-electron chi connectivity index (χ0n) is 11.2. The Morgan fingerprint density at radius 2 is 1.82 bits per heavy atom. The normalized spacial score (nSPS) is 15.1. The average Bonchev–Trinajstić information content (AvgIpc) is 2.24. The van der Waals surface area contributed by atoms with Gasteiger partial charge in [0.2, 0.25) is 5.91 Å². The highest BCUT2D eigenvalue weighted by Gasteiger charge is 2.33. The highest BCUT2D eigenvalue weighted by molar-refractivity contribution is 5.83. The monoisotopic (exact) mass is 244 g/mol. The lowest BCUT2D eigenvalue weighted by Crippen LogP contribution is -2.52. The molecule has 1 atom stereocenters. The van der Waals surface area contributed by atoms with Gasteiger partial charge >= 0.3 is 5.97 Å². The molecule has 5 nitrogen and oxygen atoms in total. The van der Waals surface area contributed by atoms with Gasteiger partial charge in [0.1, 0.15) is 0 Å². The number of hydrogen-bond acceptors (Lipinski definition) is 3. The molecule has 5 heteroatoms. The molecule has 0 fully saturated rings. The number of carbonyl (C=O) groups excluding carboxylic acids is 1. The SMILES string of the molecule is CCC(C)(CN)C(=O)NC(C)(C)CCC(=O)O. The van der Waals surface area contributed by atoms with Crippen molar-refractivity contribution >= 4 is 11.9 Å². The summed E-state index contributed by atoms with van der Waals surface area (Å²) in [6, 6.07) is 0. The third-order valence-corrected chi connectivity index (χ3v) is 3.19. The number of carboxylic acid groups (broad SMARTS) is 1. The van der Waals surface area contributed by atoms with Gasteiger partial charge in [-0.05, 0) is 33.6 Å². The lowest BCUT2D eigenvalue weighted by molar-refractivity contribution is -0.138. The lowest BCUT2D eigenvalue weighted by Gasteiger charge is -2.32. The summed E-state index contributed by atoms with van der Waals surface area (Å²) in [5.41, 5.74) is 4.49. The number of carbonyl (C=O) groups is 2. The van der Waals surface area contributed by atoms with Crippen LogP contribution in [-0.2, 0) is 9.59 Å². The van der Waals surface area contributed by atoms with E-state index in [1.807, 2.05) is 27.7 Å². The van der Waals surface area contributed by atoms with Crippen LogP contribution in [0, 0.1) is 5.41 Å². The van der Waals surface area contributed by atoms with E-state index in [4.69, 9.17) is 10.8 Å². The van der Waals surface area contributed by atoms with Gasteiger partial charge in [0.05, 0.1) is 5.41 Å². The van der Waals surface area contributed by atoms with Crippen LogP contribution in [0.2, 0.25) is 0 Å². The smallest absolute Gasteiger partial charge is 0.303 e. The van der Waals surface area contributed by atoms with Crippen LogP contribution in [0.4, 0.5) is 0 Å². The first-order valence-corrected chi connectivity index (χ1v) is 5.91. The number of amides is 1. The summed E-state index contributed by atoms with van der Waals surface area (Å²) in [6.45, 7) is 7.65. The predicted molar refractivity (Wildman–Crippen MR) is 66.5 cm³/mol. The number of aliphatic carboxylic acids is 1. The third kappa shape index (κ3) is 5.17. The molecule has 0 heterocycles. The number of nitrogens with one attached hydrogen (secondary N) is 1. The second kappa shape index (κ2) is 6.00. The molecule has 0 aliphatic carbocycles. The van der Waals surface area contributed by atoms with Crippen LogP contribution in [-0.4, -0.2) is 29.1 Å². The van der Waals surface area contributed by atoms with E-state index >= 15 is 0 Å². The van der Waals surface area contributed by atoms with Crippen LogP contribution >= 0.6 is 0 Å². The van der Waals surface area contributed by atoms with Crippen LogP contribution < -0.4 is 11.1 Å². The van der Waals surface area contributed by atoms with E-state index in [0.29, 0.717) is 12.8 Å². The number of nitrogens with two attached hydrogens (primary N) is 1. The second-order valence-corrected chi connectivity index (χ2v) is 5.35. The molecule has 4 N–H and O–H groups in total. The number of rotatable bonds is 7. The van der Waals surface area contributed by atoms with Gasteiger partial charge in [-0.15, -0.1) is 0 Å². The van der Waals surface area contributed by atoms with Crippen molar-refractivity contribution in [2.24, 2.45) is 11.1 Å². The predicted octanol–water partition coefficient (Wildman–Crippen LogP) is 1.12. The molecule has 0 saturated heterocycles. The number of carboxylic acids is 1. The largest absolute Gasteiger partial charge is 0.481 e. The Kier molecular flexibility index (Phi) is 5.61. The summed E-state index contributed by atoms with van der Waals surface area (Å²) in [5.74, 6) is -0.970. The standard InChI is InChI=1S/C12H24N2O3/c1-5-12(4,8-13)10(17)14-11(2,3)7-6-9(15)16/h5-8,13H2,1-4H3,(H,14,17)(H,15,16). The van der Waals surface area contributed by atoms with Gasteiger partial charge < -0.3 is 16.2 Å². The van der Waals surface area contributed by atoms with Gasteiger partial charge in [0.25, 0.3) is 0 Å². The van der Waals surface area contributed by atoms with Gasteiger partial charge in [0.15, 0.2) is 0 Å². The molecule has 0 aromatic rings. The molecule has 0 saturated carbocycles. The van der Waals surface area contributed by atoms with E-state index in [2.05, 4.69) is 5.32 Å². The Bertz CT molecular complexity index is 283. The quantitative estimate of drug-likeness (QED) is 0.625. The molecule has 100 valence electrons. The topological polar surface area (TPSA) is 92.4 Å². The highest BCUT2D eigenvalue weighted by atomic mass is 16.4. The van der Waals surface area contributed by atoms with Gasteiger partial charge in [-0.3, -0.25) is 9.59 Å². The maximum absolute atomic E-state index is 12.0. The Labute approximate surface area is 103 Å². The molecule has 17 heavy (non-hydrogen) atoms. The molecule has 0 rings (SSSR count). The summed E-state index contributed by atoms with van der Waals surface area (Å²) < 4.78 is 0. The van der Waals surface area contributed by atoms with E-state index in [0.717, 1.165) is 0 Å². The maximum atomic E-state index is 12.0. The first-order chi connectivity index (χ1) is 7.67. The first-order valence-electron chi connectivity index (χ1n) is 5.91. The molecule has 1 unspecified atom stereocenters. The van der Waals surface area contributed by atoms with Crippen LogP contribution in [0.3, 0.4) is 0 Å². The van der Waals surface area contributed by atoms with Crippen molar-refractivity contribution < 1.29 is 14.7 Å². The molecule has 0 radical (unpaired) electrons. The van der Waals surface area contributed by atoms with Crippen molar-refractivity contribution in [1.29, 1.82) is 0 Å². The van der Waals surface area contributed by atoms with E-state index in [-0.39, 0.29) is 18.9 Å². The van der Waals surface area contributed by atoms with E-state index < -0.39 is 16.9 Å². The van der Waals surface area contributed by atoms with Gasteiger partial charge in [-0.1, -0.05) is 6.92 Å². The minimum atomic E-state index is -0.857. The minimum absolute atomic E-state index is 0.0404. The van der Waals surface area contributed by atoms with Crippen LogP contribution in [0.1, 0.15) is 47.0 Å². The fourth-order valence-electron chi connectivity index (χ4n) is 1.34. The second-order valence-electron chi connectivity index (χ2n) is 5.35. The van der Waals surface area contributed by atoms with Crippen molar-refractivity contribution in [1.82, 2.24) is 5.32 Å². The molecule has 0 aromatic heterocycles. The van der Waals surface area contributed by atoms with Crippen molar-refractivity contribution in [2.75, 3.05) is 6.54 Å². The van der Waals surface area contributed by atoms with Crippen molar-refractivity contribution in [3.8, 4) is 0 Å². The van der Waals surface area contributed by atoms with Crippen molar-refractivity contribution in [2.45, 2.75) is 52.5 Å². The Morgan fingerprint density at radius 3 is 2.18 bits per heavy atom. The van der Waals surface area contributed by atoms with Crippen LogP contribution in [0.15, 0.2) is 0 Å². The van der Waals surface area contributed by atoms with Crippen LogP contribution in [0.5, 0.6) is 0 Å². The summed E-state index contributed by atoms with van der Waals surface area (Å²) in [5, 5.41) is 11.5. The number of hydrogen-bond donors (Lipinski definition) is 3. The van der Waals surface area contributed by atoms with E-state index in [1.165, 1.54) is 0 Å². The summed E-state index contributed by atoms with van der Waals surface area (Å²) in [7, 11) is 0. The zero-order valence-corrected chi connectivity index (χ0v) is 11.2. The third-order valence-electron chi connectivity index (χ3n) is 3.19. The molecule has 1 amide bonds. The Hall–Kier alpha value is -1.10. The van der Waals surface area contributed by atoms with Gasteiger partial charge in [-0.25, -0.2) is 0 Å². The maximum Gasteiger partial charge on any atom is 0.303 e. The summed E-state index contributed by atoms with van der Waals surface area (Å²) in [4.78, 5) is 22.6. The fraction of sp³-hybridized carbons (Fsp3) is 0.833. The first kappa shape index (κ1) is 15.9. The molecule has 0 aliphatic rings. The van der Waals surface area contributed by atoms with Crippen LogP contribution in [0.25, 0.3) is 0 Å². The Balaban J connectivity index is 4.50. The zero-order chi connectivity index (χ0) is 13.7. The lowest BCUT2D eigenvalue weighted by atomic mass is 9.85. The summed E-state index contributed by atoms with van der Waals surface area (Å²) >= 11 is 0.